The summed E-state index contributed by atoms with van der Waals surface area (Å²) in [6.07, 6.45) is 4.41. The standard InChI is InChI=1S/C4H7N5/c5-1-7-3-9-4-8-2-6/h1-4H,(H3,5,6,7,8,9). The molecular formula is C4H7N5. The first-order chi connectivity index (χ1) is 4.41. The third-order valence-corrected chi connectivity index (χ3v) is 0.427. The van der Waals surface area contributed by atoms with Crippen LogP contribution >= 0.6 is 0 Å². The van der Waals surface area contributed by atoms with E-state index in [0.29, 0.717) is 0 Å². The Hall–Kier alpha value is -1.52. The summed E-state index contributed by atoms with van der Waals surface area (Å²) in [6, 6.07) is 0. The van der Waals surface area contributed by atoms with E-state index in [0.717, 1.165) is 12.7 Å². The van der Waals surface area contributed by atoms with Gasteiger partial charge in [-0.05, 0) is 0 Å². The zero-order valence-corrected chi connectivity index (χ0v) is 4.73. The van der Waals surface area contributed by atoms with Crippen LogP contribution in [0.5, 0.6) is 0 Å². The second-order valence-corrected chi connectivity index (χ2v) is 0.956. The van der Waals surface area contributed by atoms with E-state index in [9.17, 15) is 0 Å². The van der Waals surface area contributed by atoms with E-state index in [2.05, 4.69) is 15.0 Å². The molecule has 0 aromatic carbocycles. The van der Waals surface area contributed by atoms with Crippen molar-refractivity contribution in [1.29, 1.82) is 5.41 Å². The Morgan fingerprint density at radius 2 is 1.78 bits per heavy atom. The van der Waals surface area contributed by atoms with Gasteiger partial charge in [-0.25, -0.2) is 15.0 Å². The van der Waals surface area contributed by atoms with E-state index in [4.69, 9.17) is 11.1 Å². The van der Waals surface area contributed by atoms with Crippen LogP contribution in [-0.2, 0) is 0 Å². The van der Waals surface area contributed by atoms with Crippen molar-refractivity contribution in [3.8, 4) is 0 Å². The van der Waals surface area contributed by atoms with Crippen LogP contribution in [0.25, 0.3) is 0 Å². The summed E-state index contributed by atoms with van der Waals surface area (Å²) in [5.74, 6) is 0. The van der Waals surface area contributed by atoms with Crippen molar-refractivity contribution in [1.82, 2.24) is 0 Å². The van der Waals surface area contributed by atoms with Crippen molar-refractivity contribution in [2.45, 2.75) is 0 Å². The molecule has 3 N–H and O–H groups in total. The van der Waals surface area contributed by atoms with Gasteiger partial charge >= 0.3 is 0 Å². The van der Waals surface area contributed by atoms with E-state index >= 15 is 0 Å². The van der Waals surface area contributed by atoms with Crippen molar-refractivity contribution in [2.75, 3.05) is 0 Å². The number of nitrogens with two attached hydrogens (primary N) is 1. The topological polar surface area (TPSA) is 87.0 Å². The summed E-state index contributed by atoms with van der Waals surface area (Å²) >= 11 is 0. The molecule has 48 valence electrons. The lowest BCUT2D eigenvalue weighted by atomic mass is 11.1. The molecule has 0 saturated carbocycles. The van der Waals surface area contributed by atoms with Crippen LogP contribution in [0, 0.1) is 5.41 Å². The Morgan fingerprint density at radius 3 is 2.33 bits per heavy atom. The summed E-state index contributed by atoms with van der Waals surface area (Å²) in [5.41, 5.74) is 4.87. The molecule has 0 heterocycles. The normalized spacial score (nSPS) is 12.0. The van der Waals surface area contributed by atoms with Crippen molar-refractivity contribution < 1.29 is 0 Å². The minimum absolute atomic E-state index is 0.878. The predicted octanol–water partition coefficient (Wildman–Crippen LogP) is -0.363. The molecule has 0 aliphatic carbocycles. The average Bonchev–Trinajstić information content (AvgIpc) is 1.89. The highest BCUT2D eigenvalue weighted by molar-refractivity contribution is 5.79. The molecule has 0 aromatic rings. The molecule has 9 heavy (non-hydrogen) atoms. The van der Waals surface area contributed by atoms with Crippen LogP contribution in [0.2, 0.25) is 0 Å². The predicted molar refractivity (Wildman–Crippen MR) is 38.4 cm³/mol. The lowest BCUT2D eigenvalue weighted by Crippen LogP contribution is -1.87. The van der Waals surface area contributed by atoms with Gasteiger partial charge in [0.15, 0.2) is 0 Å². The first kappa shape index (κ1) is 7.48. The third-order valence-electron chi connectivity index (χ3n) is 0.427. The summed E-state index contributed by atoms with van der Waals surface area (Å²) in [6.45, 7) is 0. The quantitative estimate of drug-likeness (QED) is 0.391. The van der Waals surface area contributed by atoms with Gasteiger partial charge in [0.05, 0.1) is 6.34 Å². The van der Waals surface area contributed by atoms with E-state index < -0.39 is 0 Å². The van der Waals surface area contributed by atoms with Gasteiger partial charge in [-0.3, -0.25) is 5.41 Å². The van der Waals surface area contributed by atoms with Crippen LogP contribution < -0.4 is 5.73 Å². The van der Waals surface area contributed by atoms with E-state index in [1.807, 2.05) is 0 Å². The van der Waals surface area contributed by atoms with Gasteiger partial charge in [0.2, 0.25) is 0 Å². The fraction of sp³-hybridized carbons (Fsp3) is 0. The maximum atomic E-state index is 6.42. The molecule has 0 aromatic heterocycles. The van der Waals surface area contributed by atoms with Gasteiger partial charge in [0, 0.05) is 0 Å². The second-order valence-electron chi connectivity index (χ2n) is 0.956. The molecule has 0 amide bonds. The minimum Gasteiger partial charge on any atom is -0.390 e. The molecule has 0 unspecified atom stereocenters. The third kappa shape index (κ3) is 6.48. The summed E-state index contributed by atoms with van der Waals surface area (Å²) < 4.78 is 0. The summed E-state index contributed by atoms with van der Waals surface area (Å²) in [4.78, 5) is 10.3. The van der Waals surface area contributed by atoms with Gasteiger partial charge < -0.3 is 5.73 Å². The summed E-state index contributed by atoms with van der Waals surface area (Å²) in [5, 5.41) is 6.42. The molecule has 0 saturated heterocycles. The number of hydrogen-bond donors (Lipinski definition) is 2. The smallest absolute Gasteiger partial charge is 0.118 e. The molecule has 0 rings (SSSR count). The first-order valence-corrected chi connectivity index (χ1v) is 2.17. The SMILES string of the molecule is N=CN=CN=CN=CN. The maximum absolute atomic E-state index is 6.42. The molecule has 5 heteroatoms. The number of aliphatic imine (C=N–C) groups is 3. The van der Waals surface area contributed by atoms with Crippen molar-refractivity contribution >= 4 is 25.4 Å². The Bertz CT molecular complexity index is 145. The fourth-order valence-electron chi connectivity index (χ4n) is 0.179. The van der Waals surface area contributed by atoms with Crippen LogP contribution in [0.4, 0.5) is 0 Å². The van der Waals surface area contributed by atoms with E-state index in [1.54, 1.807) is 0 Å². The number of nitrogens with one attached hydrogen (secondary N) is 1. The molecular weight excluding hydrogens is 118 g/mol. The molecule has 0 spiro atoms. The van der Waals surface area contributed by atoms with Crippen LogP contribution in [0.15, 0.2) is 15.0 Å². The first-order valence-electron chi connectivity index (χ1n) is 2.17. The highest BCUT2D eigenvalue weighted by Gasteiger charge is 1.58. The fourth-order valence-corrected chi connectivity index (χ4v) is 0.179. The lowest BCUT2D eigenvalue weighted by Gasteiger charge is -1.70. The highest BCUT2D eigenvalue weighted by atomic mass is 14.9. The van der Waals surface area contributed by atoms with Gasteiger partial charge in [-0.2, -0.15) is 0 Å². The van der Waals surface area contributed by atoms with Crippen LogP contribution in [0.1, 0.15) is 0 Å². The number of nitrogens with zero attached hydrogens (tertiary/aromatic N) is 3. The monoisotopic (exact) mass is 125 g/mol. The van der Waals surface area contributed by atoms with Gasteiger partial charge in [0.1, 0.15) is 19.0 Å². The Labute approximate surface area is 52.5 Å². The zero-order valence-electron chi connectivity index (χ0n) is 4.73. The van der Waals surface area contributed by atoms with Gasteiger partial charge in [-0.1, -0.05) is 0 Å². The largest absolute Gasteiger partial charge is 0.390 e. The average molecular weight is 125 g/mol. The molecule has 0 aliphatic heterocycles. The Balaban J connectivity index is 3.46. The van der Waals surface area contributed by atoms with Crippen molar-refractivity contribution in [2.24, 2.45) is 20.7 Å². The highest BCUT2D eigenvalue weighted by Crippen LogP contribution is 1.58. The molecule has 0 aliphatic rings. The van der Waals surface area contributed by atoms with Crippen LogP contribution in [-0.4, -0.2) is 25.4 Å². The number of rotatable bonds is 3. The van der Waals surface area contributed by atoms with E-state index in [-0.39, 0.29) is 0 Å². The Kier molecular flexibility index (Phi) is 5.39. The molecule has 0 fully saturated rings. The number of hydrogen-bond acceptors (Lipinski definition) is 1. The molecule has 5 nitrogen and oxygen atoms in total. The van der Waals surface area contributed by atoms with Gasteiger partial charge in [0.25, 0.3) is 0 Å². The van der Waals surface area contributed by atoms with Crippen molar-refractivity contribution in [3.63, 3.8) is 0 Å². The van der Waals surface area contributed by atoms with Gasteiger partial charge in [-0.15, -0.1) is 0 Å². The van der Waals surface area contributed by atoms with E-state index in [1.165, 1.54) is 12.7 Å². The Morgan fingerprint density at radius 1 is 1.11 bits per heavy atom. The molecule has 0 radical (unpaired) electrons. The lowest BCUT2D eigenvalue weighted by molar-refractivity contribution is 1.51. The maximum Gasteiger partial charge on any atom is 0.118 e. The molecule has 0 atom stereocenters. The second kappa shape index (κ2) is 6.48. The minimum atomic E-state index is 0.878. The zero-order chi connectivity index (χ0) is 6.95. The van der Waals surface area contributed by atoms with Crippen molar-refractivity contribution in [3.05, 3.63) is 0 Å². The molecule has 0 bridgehead atoms. The summed E-state index contributed by atoms with van der Waals surface area (Å²) in [7, 11) is 0. The van der Waals surface area contributed by atoms with Crippen LogP contribution in [0.3, 0.4) is 0 Å².